The Kier molecular flexibility index (Phi) is 5.11. The van der Waals surface area contributed by atoms with E-state index < -0.39 is 9.84 Å². The summed E-state index contributed by atoms with van der Waals surface area (Å²) in [7, 11) is -1.44. The average Bonchev–Trinajstić information content (AvgIpc) is 3.00. The van der Waals surface area contributed by atoms with E-state index in [4.69, 9.17) is 4.74 Å². The molecule has 0 spiro atoms. The summed E-state index contributed by atoms with van der Waals surface area (Å²) in [6.45, 7) is 4.08. The first kappa shape index (κ1) is 18.3. The molecule has 2 fully saturated rings. The summed E-state index contributed by atoms with van der Waals surface area (Å²) in [4.78, 5) is 18.3. The smallest absolute Gasteiger partial charge is 0.250 e. The molecule has 0 N–H and O–H groups in total. The SMILES string of the molecule is COc1ccccc1CN1C(=NC(=O)C(C)C)S[C@@H]2CS(=O)(=O)C[C@H]21. The summed E-state index contributed by atoms with van der Waals surface area (Å²) in [5.41, 5.74) is 0.945. The zero-order chi connectivity index (χ0) is 18.2. The lowest BCUT2D eigenvalue weighted by Crippen LogP contribution is -2.37. The number of thioether (sulfide) groups is 1. The average molecular weight is 383 g/mol. The molecular formula is C17H22N2O4S2. The van der Waals surface area contributed by atoms with Crippen LogP contribution in [0.3, 0.4) is 0 Å². The van der Waals surface area contributed by atoms with Crippen molar-refractivity contribution in [3.63, 3.8) is 0 Å². The van der Waals surface area contributed by atoms with Gasteiger partial charge in [-0.2, -0.15) is 4.99 Å². The van der Waals surface area contributed by atoms with E-state index in [-0.39, 0.29) is 34.6 Å². The number of hydrogen-bond donors (Lipinski definition) is 0. The third-order valence-corrected chi connectivity index (χ3v) is 7.66. The molecule has 2 aliphatic rings. The van der Waals surface area contributed by atoms with Crippen molar-refractivity contribution < 1.29 is 17.9 Å². The molecule has 136 valence electrons. The van der Waals surface area contributed by atoms with Crippen molar-refractivity contribution in [3.8, 4) is 5.75 Å². The van der Waals surface area contributed by atoms with E-state index in [1.165, 1.54) is 11.8 Å². The Labute approximate surface area is 152 Å². The second-order valence-corrected chi connectivity index (χ2v) is 9.99. The van der Waals surface area contributed by atoms with Gasteiger partial charge in [0.25, 0.3) is 5.91 Å². The Balaban J connectivity index is 1.93. The maximum absolute atomic E-state index is 12.1. The highest BCUT2D eigenvalue weighted by atomic mass is 32.2. The van der Waals surface area contributed by atoms with Crippen LogP contribution in [-0.4, -0.2) is 54.3 Å². The molecule has 0 radical (unpaired) electrons. The van der Waals surface area contributed by atoms with Gasteiger partial charge in [-0.15, -0.1) is 0 Å². The molecule has 6 nitrogen and oxygen atoms in total. The fourth-order valence-corrected chi connectivity index (χ4v) is 7.02. The largest absolute Gasteiger partial charge is 0.496 e. The van der Waals surface area contributed by atoms with Crippen LogP contribution in [0, 0.1) is 5.92 Å². The van der Waals surface area contributed by atoms with E-state index in [0.29, 0.717) is 11.7 Å². The maximum atomic E-state index is 12.1. The molecule has 0 saturated carbocycles. The number of rotatable bonds is 4. The Morgan fingerprint density at radius 1 is 1.36 bits per heavy atom. The van der Waals surface area contributed by atoms with Gasteiger partial charge >= 0.3 is 0 Å². The molecular weight excluding hydrogens is 360 g/mol. The van der Waals surface area contributed by atoms with Gasteiger partial charge in [0.15, 0.2) is 15.0 Å². The van der Waals surface area contributed by atoms with E-state index >= 15 is 0 Å². The van der Waals surface area contributed by atoms with Crippen LogP contribution in [0.25, 0.3) is 0 Å². The topological polar surface area (TPSA) is 76.0 Å². The molecule has 8 heteroatoms. The van der Waals surface area contributed by atoms with Crippen molar-refractivity contribution >= 4 is 32.7 Å². The molecule has 0 aliphatic carbocycles. The molecule has 3 rings (SSSR count). The minimum absolute atomic E-state index is 0.0709. The summed E-state index contributed by atoms with van der Waals surface area (Å²) in [6, 6.07) is 7.47. The molecule has 2 saturated heterocycles. The molecule has 1 aromatic carbocycles. The molecule has 2 aliphatic heterocycles. The van der Waals surface area contributed by atoms with Gasteiger partial charge in [0, 0.05) is 23.3 Å². The minimum Gasteiger partial charge on any atom is -0.496 e. The summed E-state index contributed by atoms with van der Waals surface area (Å²) in [6.07, 6.45) is 0. The quantitative estimate of drug-likeness (QED) is 0.792. The van der Waals surface area contributed by atoms with Crippen LogP contribution in [0.2, 0.25) is 0 Å². The summed E-state index contributed by atoms with van der Waals surface area (Å²) >= 11 is 1.41. The number of benzene rings is 1. The predicted molar refractivity (Wildman–Crippen MR) is 99.6 cm³/mol. The van der Waals surface area contributed by atoms with Crippen LogP contribution in [0.4, 0.5) is 0 Å². The zero-order valence-electron chi connectivity index (χ0n) is 14.5. The number of amides is 1. The highest BCUT2D eigenvalue weighted by Crippen LogP contribution is 2.39. The van der Waals surface area contributed by atoms with Crippen LogP contribution < -0.4 is 4.74 Å². The lowest BCUT2D eigenvalue weighted by molar-refractivity contribution is -0.120. The molecule has 0 aromatic heterocycles. The van der Waals surface area contributed by atoms with Crippen molar-refractivity contribution in [2.75, 3.05) is 18.6 Å². The monoisotopic (exact) mass is 382 g/mol. The fraction of sp³-hybridized carbons (Fsp3) is 0.529. The number of methoxy groups -OCH3 is 1. The van der Waals surface area contributed by atoms with Crippen LogP contribution in [0.5, 0.6) is 5.75 Å². The van der Waals surface area contributed by atoms with Gasteiger partial charge in [0.05, 0.1) is 24.7 Å². The van der Waals surface area contributed by atoms with Crippen molar-refractivity contribution in [2.24, 2.45) is 10.9 Å². The van der Waals surface area contributed by atoms with Gasteiger partial charge in [-0.05, 0) is 6.07 Å². The van der Waals surface area contributed by atoms with Gasteiger partial charge in [0.2, 0.25) is 0 Å². The van der Waals surface area contributed by atoms with Gasteiger partial charge in [-0.25, -0.2) is 8.42 Å². The van der Waals surface area contributed by atoms with Crippen LogP contribution >= 0.6 is 11.8 Å². The Morgan fingerprint density at radius 2 is 2.08 bits per heavy atom. The van der Waals surface area contributed by atoms with E-state index in [1.54, 1.807) is 7.11 Å². The molecule has 0 bridgehead atoms. The van der Waals surface area contributed by atoms with Crippen LogP contribution in [0.15, 0.2) is 29.3 Å². The molecule has 0 unspecified atom stereocenters. The molecule has 1 aromatic rings. The number of para-hydroxylation sites is 1. The Hall–Kier alpha value is -1.54. The minimum atomic E-state index is -3.05. The van der Waals surface area contributed by atoms with E-state index in [9.17, 15) is 13.2 Å². The van der Waals surface area contributed by atoms with Gasteiger partial charge in [-0.1, -0.05) is 43.8 Å². The third kappa shape index (κ3) is 3.84. The number of aliphatic imine (C=N–C) groups is 1. The van der Waals surface area contributed by atoms with Crippen LogP contribution in [0.1, 0.15) is 19.4 Å². The highest BCUT2D eigenvalue weighted by Gasteiger charge is 2.48. The Morgan fingerprint density at radius 3 is 2.76 bits per heavy atom. The molecule has 1 amide bonds. The maximum Gasteiger partial charge on any atom is 0.250 e. The molecule has 25 heavy (non-hydrogen) atoms. The van der Waals surface area contributed by atoms with E-state index in [0.717, 1.165) is 11.3 Å². The number of carbonyl (C=O) groups is 1. The standard InChI is InChI=1S/C17H22N2O4S2/c1-11(2)16(20)18-17-19(8-12-6-4-5-7-14(12)23-3)13-9-25(21,22)10-15(13)24-17/h4-7,11,13,15H,8-10H2,1-3H3/t13-,15-/m1/s1. The number of fused-ring (bicyclic) bond motifs is 1. The second kappa shape index (κ2) is 6.99. The van der Waals surface area contributed by atoms with E-state index in [1.807, 2.05) is 43.0 Å². The summed E-state index contributed by atoms with van der Waals surface area (Å²) < 4.78 is 29.5. The number of amidine groups is 1. The number of sulfone groups is 1. The molecule has 2 atom stereocenters. The fourth-order valence-electron chi connectivity index (χ4n) is 3.06. The summed E-state index contributed by atoms with van der Waals surface area (Å²) in [5, 5.41) is 0.549. The second-order valence-electron chi connectivity index (χ2n) is 6.63. The Bertz CT molecular complexity index is 805. The van der Waals surface area contributed by atoms with Crippen molar-refractivity contribution in [2.45, 2.75) is 31.7 Å². The van der Waals surface area contributed by atoms with Crippen molar-refractivity contribution in [1.29, 1.82) is 0 Å². The number of hydrogen-bond acceptors (Lipinski definition) is 5. The van der Waals surface area contributed by atoms with Gasteiger partial charge in [0.1, 0.15) is 5.75 Å². The van der Waals surface area contributed by atoms with E-state index in [2.05, 4.69) is 4.99 Å². The predicted octanol–water partition coefficient (Wildman–Crippen LogP) is 1.95. The van der Waals surface area contributed by atoms with Gasteiger partial charge < -0.3 is 9.64 Å². The first-order valence-corrected chi connectivity index (χ1v) is 10.9. The normalized spacial score (nSPS) is 26.2. The number of ether oxygens (including phenoxy) is 1. The third-order valence-electron chi connectivity index (χ3n) is 4.41. The first-order valence-electron chi connectivity index (χ1n) is 8.19. The van der Waals surface area contributed by atoms with Crippen LogP contribution in [-0.2, 0) is 21.2 Å². The summed E-state index contributed by atoms with van der Waals surface area (Å²) in [5.74, 6) is 0.612. The highest BCUT2D eigenvalue weighted by molar-refractivity contribution is 8.15. The van der Waals surface area contributed by atoms with Crippen molar-refractivity contribution in [3.05, 3.63) is 29.8 Å². The lowest BCUT2D eigenvalue weighted by atomic mass is 10.1. The van der Waals surface area contributed by atoms with Gasteiger partial charge in [-0.3, -0.25) is 4.79 Å². The molecule has 2 heterocycles. The lowest BCUT2D eigenvalue weighted by Gasteiger charge is -2.25. The number of nitrogens with zero attached hydrogens (tertiary/aromatic N) is 2. The first-order chi connectivity index (χ1) is 11.8. The van der Waals surface area contributed by atoms with Crippen molar-refractivity contribution in [1.82, 2.24) is 4.90 Å². The zero-order valence-corrected chi connectivity index (χ0v) is 16.1. The number of carbonyl (C=O) groups excluding carboxylic acids is 1.